The second-order valence-electron chi connectivity index (χ2n) is 7.96. The Labute approximate surface area is 206 Å². The van der Waals surface area contributed by atoms with E-state index in [0.717, 1.165) is 35.2 Å². The van der Waals surface area contributed by atoms with Crippen molar-refractivity contribution in [1.29, 1.82) is 0 Å². The van der Waals surface area contributed by atoms with Crippen molar-refractivity contribution in [2.45, 2.75) is 6.92 Å². The van der Waals surface area contributed by atoms with Gasteiger partial charge in [-0.25, -0.2) is 9.67 Å². The third-order valence-corrected chi connectivity index (χ3v) is 6.84. The van der Waals surface area contributed by atoms with Crippen LogP contribution >= 0.6 is 11.3 Å². The van der Waals surface area contributed by atoms with Crippen molar-refractivity contribution < 1.29 is 14.3 Å². The van der Waals surface area contributed by atoms with E-state index in [2.05, 4.69) is 25.8 Å². The Kier molecular flexibility index (Phi) is 6.55. The number of carbonyl (C=O) groups is 2. The number of benzene rings is 2. The molecule has 3 heterocycles. The first-order valence-corrected chi connectivity index (χ1v) is 12.0. The van der Waals surface area contributed by atoms with E-state index in [1.54, 1.807) is 36.0 Å². The summed E-state index contributed by atoms with van der Waals surface area (Å²) >= 11 is 1.31. The number of thiazole rings is 1. The van der Waals surface area contributed by atoms with Crippen LogP contribution in [0.1, 0.15) is 25.7 Å². The number of anilines is 1. The van der Waals surface area contributed by atoms with E-state index in [-0.39, 0.29) is 0 Å². The number of ether oxygens (including phenoxy) is 1. The highest BCUT2D eigenvalue weighted by molar-refractivity contribution is 7.17. The summed E-state index contributed by atoms with van der Waals surface area (Å²) in [6.07, 6.45) is 1.72. The highest BCUT2D eigenvalue weighted by atomic mass is 32.1. The average Bonchev–Trinajstić information content (AvgIpc) is 3.55. The van der Waals surface area contributed by atoms with Gasteiger partial charge in [0.2, 0.25) is 0 Å². The Morgan fingerprint density at radius 1 is 0.971 bits per heavy atom. The van der Waals surface area contributed by atoms with Crippen LogP contribution < -0.4 is 15.8 Å². The molecule has 0 spiro atoms. The monoisotopic (exact) mass is 488 g/mol. The molecular weight excluding hydrogens is 464 g/mol. The lowest BCUT2D eigenvalue weighted by atomic mass is 10.1. The van der Waals surface area contributed by atoms with Gasteiger partial charge in [0.25, 0.3) is 11.8 Å². The fourth-order valence-electron chi connectivity index (χ4n) is 3.84. The first-order chi connectivity index (χ1) is 17.1. The normalized spacial score (nSPS) is 13.5. The van der Waals surface area contributed by atoms with Crippen LogP contribution in [0.4, 0.5) is 5.13 Å². The average molecular weight is 489 g/mol. The number of hydrogen-bond acceptors (Lipinski definition) is 7. The molecule has 9 nitrogen and oxygen atoms in total. The van der Waals surface area contributed by atoms with Gasteiger partial charge in [-0.3, -0.25) is 20.4 Å². The number of nitrogens with one attached hydrogen (secondary N) is 2. The van der Waals surface area contributed by atoms with Gasteiger partial charge in [0, 0.05) is 24.2 Å². The van der Waals surface area contributed by atoms with Gasteiger partial charge in [0.15, 0.2) is 5.13 Å². The van der Waals surface area contributed by atoms with Crippen LogP contribution in [-0.4, -0.2) is 52.9 Å². The second kappa shape index (κ2) is 10.1. The Morgan fingerprint density at radius 3 is 2.54 bits per heavy atom. The molecule has 2 aromatic carbocycles. The van der Waals surface area contributed by atoms with Crippen LogP contribution in [0.2, 0.25) is 0 Å². The molecule has 0 aliphatic carbocycles. The molecule has 4 aromatic rings. The van der Waals surface area contributed by atoms with E-state index in [9.17, 15) is 9.59 Å². The van der Waals surface area contributed by atoms with Crippen molar-refractivity contribution in [2.24, 2.45) is 0 Å². The standard InChI is InChI=1S/C25H24N6O3S/c1-17-22(35-25(27-17)30-12-14-34-15-13-30)24(33)29-28-23(32)19-8-5-9-20(16-19)31-21(10-11-26-31)18-6-3-2-4-7-18/h2-11,16H,12-15H2,1H3,(H,28,32)(H,29,33). The number of hydrogen-bond donors (Lipinski definition) is 2. The van der Waals surface area contributed by atoms with Crippen LogP contribution in [0.3, 0.4) is 0 Å². The molecule has 0 radical (unpaired) electrons. The fourth-order valence-corrected chi connectivity index (χ4v) is 4.85. The van der Waals surface area contributed by atoms with E-state index in [0.29, 0.717) is 29.3 Å². The number of carbonyl (C=O) groups excluding carboxylic acids is 2. The lowest BCUT2D eigenvalue weighted by Gasteiger charge is -2.25. The number of nitrogens with zero attached hydrogens (tertiary/aromatic N) is 4. The topological polar surface area (TPSA) is 101 Å². The first kappa shape index (κ1) is 22.8. The molecule has 10 heteroatoms. The Morgan fingerprint density at radius 2 is 1.74 bits per heavy atom. The zero-order valence-electron chi connectivity index (χ0n) is 19.1. The molecule has 2 amide bonds. The predicted octanol–water partition coefficient (Wildman–Crippen LogP) is 3.22. The van der Waals surface area contributed by atoms with E-state index < -0.39 is 11.8 Å². The summed E-state index contributed by atoms with van der Waals surface area (Å²) in [4.78, 5) is 32.6. The van der Waals surface area contributed by atoms with E-state index in [1.165, 1.54) is 11.3 Å². The highest BCUT2D eigenvalue weighted by Gasteiger charge is 2.21. The fraction of sp³-hybridized carbons (Fsp3) is 0.200. The largest absolute Gasteiger partial charge is 0.378 e. The van der Waals surface area contributed by atoms with Crippen molar-refractivity contribution in [2.75, 3.05) is 31.2 Å². The molecule has 0 unspecified atom stereocenters. The molecule has 35 heavy (non-hydrogen) atoms. The molecule has 0 atom stereocenters. The summed E-state index contributed by atoms with van der Waals surface area (Å²) in [6.45, 7) is 4.54. The van der Waals surface area contributed by atoms with Crippen LogP contribution in [0.25, 0.3) is 16.9 Å². The summed E-state index contributed by atoms with van der Waals surface area (Å²) in [6, 6.07) is 18.9. The van der Waals surface area contributed by atoms with Gasteiger partial charge in [0.05, 0.1) is 36.5 Å². The minimum atomic E-state index is -0.427. The first-order valence-electron chi connectivity index (χ1n) is 11.2. The van der Waals surface area contributed by atoms with Gasteiger partial charge in [-0.15, -0.1) is 0 Å². The number of rotatable bonds is 5. The number of amides is 2. The van der Waals surface area contributed by atoms with Crippen molar-refractivity contribution in [3.8, 4) is 16.9 Å². The summed E-state index contributed by atoms with van der Waals surface area (Å²) in [5.41, 5.74) is 8.70. The number of aryl methyl sites for hydroxylation is 1. The maximum absolute atomic E-state index is 12.8. The molecule has 1 aliphatic rings. The molecule has 1 saturated heterocycles. The Bertz CT molecular complexity index is 1340. The molecule has 0 saturated carbocycles. The van der Waals surface area contributed by atoms with E-state index in [4.69, 9.17) is 4.74 Å². The van der Waals surface area contributed by atoms with Crippen molar-refractivity contribution >= 4 is 28.3 Å². The maximum Gasteiger partial charge on any atom is 0.281 e. The van der Waals surface area contributed by atoms with Gasteiger partial charge >= 0.3 is 0 Å². The van der Waals surface area contributed by atoms with Crippen LogP contribution in [-0.2, 0) is 4.74 Å². The van der Waals surface area contributed by atoms with E-state index >= 15 is 0 Å². The smallest absolute Gasteiger partial charge is 0.281 e. The molecule has 178 valence electrons. The van der Waals surface area contributed by atoms with Gasteiger partial charge < -0.3 is 9.64 Å². The summed E-state index contributed by atoms with van der Waals surface area (Å²) in [7, 11) is 0. The summed E-state index contributed by atoms with van der Waals surface area (Å²) in [5.74, 6) is -0.827. The third kappa shape index (κ3) is 4.93. The highest BCUT2D eigenvalue weighted by Crippen LogP contribution is 2.26. The van der Waals surface area contributed by atoms with Crippen LogP contribution in [0, 0.1) is 6.92 Å². The van der Waals surface area contributed by atoms with Gasteiger partial charge in [-0.2, -0.15) is 5.10 Å². The minimum Gasteiger partial charge on any atom is -0.378 e. The number of aromatic nitrogens is 3. The Hall–Kier alpha value is -4.02. The quantitative estimate of drug-likeness (QED) is 0.419. The number of morpholine rings is 1. The molecule has 2 aromatic heterocycles. The molecule has 5 rings (SSSR count). The lowest BCUT2D eigenvalue weighted by molar-refractivity contribution is 0.0848. The van der Waals surface area contributed by atoms with E-state index in [1.807, 2.05) is 42.5 Å². The predicted molar refractivity (Wildman–Crippen MR) is 134 cm³/mol. The van der Waals surface area contributed by atoms with Crippen molar-refractivity contribution in [3.63, 3.8) is 0 Å². The van der Waals surface area contributed by atoms with Gasteiger partial charge in [0.1, 0.15) is 4.88 Å². The molecule has 1 fully saturated rings. The lowest BCUT2D eigenvalue weighted by Crippen LogP contribution is -2.41. The zero-order chi connectivity index (χ0) is 24.2. The Balaban J connectivity index is 1.27. The zero-order valence-corrected chi connectivity index (χ0v) is 19.9. The third-order valence-electron chi connectivity index (χ3n) is 5.63. The van der Waals surface area contributed by atoms with Crippen molar-refractivity contribution in [1.82, 2.24) is 25.6 Å². The SMILES string of the molecule is Cc1nc(N2CCOCC2)sc1C(=O)NNC(=O)c1cccc(-n2nccc2-c2ccccc2)c1. The summed E-state index contributed by atoms with van der Waals surface area (Å²) < 4.78 is 7.15. The van der Waals surface area contributed by atoms with Crippen LogP contribution in [0.5, 0.6) is 0 Å². The molecule has 2 N–H and O–H groups in total. The van der Waals surface area contributed by atoms with Gasteiger partial charge in [-0.05, 0) is 31.2 Å². The second-order valence-corrected chi connectivity index (χ2v) is 8.94. The molecular formula is C25H24N6O3S. The van der Waals surface area contributed by atoms with Gasteiger partial charge in [-0.1, -0.05) is 47.7 Å². The maximum atomic E-state index is 12.8. The molecule has 1 aliphatic heterocycles. The molecule has 0 bridgehead atoms. The van der Waals surface area contributed by atoms with Crippen molar-refractivity contribution in [3.05, 3.63) is 83.0 Å². The summed E-state index contributed by atoms with van der Waals surface area (Å²) in [5, 5.41) is 5.21. The van der Waals surface area contributed by atoms with Crippen LogP contribution in [0.15, 0.2) is 66.9 Å². The number of hydrazine groups is 1. The minimum absolute atomic E-state index is 0.396.